The number of aromatic nitrogens is 2. The Labute approximate surface area is 206 Å². The summed E-state index contributed by atoms with van der Waals surface area (Å²) in [4.78, 5) is 27.0. The van der Waals surface area contributed by atoms with Crippen molar-refractivity contribution in [1.82, 2.24) is 19.8 Å². The molecule has 2 aromatic heterocycles. The minimum Gasteiger partial charge on any atom is -0.335 e. The number of halogens is 2. The van der Waals surface area contributed by atoms with Gasteiger partial charge in [0.05, 0.1) is 17.4 Å². The fraction of sp³-hybridized carbons (Fsp3) is 0.222. The van der Waals surface area contributed by atoms with Crippen LogP contribution >= 0.6 is 11.3 Å². The molecule has 3 heterocycles. The molecule has 0 atom stereocenters. The van der Waals surface area contributed by atoms with Gasteiger partial charge in [0.25, 0.3) is 5.91 Å². The van der Waals surface area contributed by atoms with Crippen molar-refractivity contribution in [1.29, 1.82) is 0 Å². The van der Waals surface area contributed by atoms with Gasteiger partial charge in [-0.15, -0.1) is 11.3 Å². The molecule has 0 N–H and O–H groups in total. The number of pyridine rings is 1. The molecule has 5 rings (SSSR count). The summed E-state index contributed by atoms with van der Waals surface area (Å²) in [6.45, 7) is 4.22. The molecule has 0 saturated carbocycles. The number of amides is 1. The van der Waals surface area contributed by atoms with Gasteiger partial charge in [-0.1, -0.05) is 30.3 Å². The zero-order valence-corrected chi connectivity index (χ0v) is 20.0. The predicted molar refractivity (Wildman–Crippen MR) is 132 cm³/mol. The second-order valence-corrected chi connectivity index (χ2v) is 9.48. The van der Waals surface area contributed by atoms with Gasteiger partial charge in [0.2, 0.25) is 0 Å². The van der Waals surface area contributed by atoms with Crippen LogP contribution in [0.25, 0.3) is 10.7 Å². The molecule has 0 spiro atoms. The Morgan fingerprint density at radius 3 is 2.03 bits per heavy atom. The first-order valence-corrected chi connectivity index (χ1v) is 12.2. The minimum absolute atomic E-state index is 0.0260. The Kier molecular flexibility index (Phi) is 6.66. The van der Waals surface area contributed by atoms with Crippen LogP contribution in [0.15, 0.2) is 72.9 Å². The van der Waals surface area contributed by atoms with Crippen LogP contribution in [-0.2, 0) is 0 Å². The van der Waals surface area contributed by atoms with Gasteiger partial charge in [-0.3, -0.25) is 14.7 Å². The molecule has 1 aliphatic heterocycles. The van der Waals surface area contributed by atoms with E-state index in [4.69, 9.17) is 0 Å². The summed E-state index contributed by atoms with van der Waals surface area (Å²) < 4.78 is 27.2. The number of hydrogen-bond acceptors (Lipinski definition) is 5. The van der Waals surface area contributed by atoms with E-state index in [1.807, 2.05) is 30.0 Å². The Morgan fingerprint density at radius 2 is 1.49 bits per heavy atom. The molecule has 0 bridgehead atoms. The van der Waals surface area contributed by atoms with E-state index in [1.54, 1.807) is 30.5 Å². The summed E-state index contributed by atoms with van der Waals surface area (Å²) in [6, 6.07) is 18.3. The summed E-state index contributed by atoms with van der Waals surface area (Å²) in [5, 5.41) is 0.734. The highest BCUT2D eigenvalue weighted by Gasteiger charge is 2.30. The van der Waals surface area contributed by atoms with Gasteiger partial charge >= 0.3 is 0 Å². The van der Waals surface area contributed by atoms with Crippen molar-refractivity contribution in [3.8, 4) is 10.7 Å². The molecule has 0 radical (unpaired) electrons. The lowest BCUT2D eigenvalue weighted by molar-refractivity contribution is 0.0601. The molecule has 1 aliphatic rings. The van der Waals surface area contributed by atoms with Crippen molar-refractivity contribution < 1.29 is 13.6 Å². The van der Waals surface area contributed by atoms with E-state index in [-0.39, 0.29) is 23.6 Å². The molecule has 0 aliphatic carbocycles. The Hall–Kier alpha value is -3.49. The highest BCUT2D eigenvalue weighted by molar-refractivity contribution is 7.17. The average Bonchev–Trinajstić information content (AvgIpc) is 3.28. The molecule has 1 amide bonds. The molecule has 0 unspecified atom stereocenters. The van der Waals surface area contributed by atoms with Crippen LogP contribution in [0, 0.1) is 18.6 Å². The number of hydrogen-bond donors (Lipinski definition) is 0. The third kappa shape index (κ3) is 4.99. The van der Waals surface area contributed by atoms with Gasteiger partial charge in [-0.05, 0) is 54.4 Å². The lowest BCUT2D eigenvalue weighted by Gasteiger charge is -2.39. The lowest BCUT2D eigenvalue weighted by atomic mass is 9.96. The Balaban J connectivity index is 1.33. The largest absolute Gasteiger partial charge is 0.335 e. The molecular formula is C27H24F2N4OS. The van der Waals surface area contributed by atoms with Crippen molar-refractivity contribution in [3.63, 3.8) is 0 Å². The highest BCUT2D eigenvalue weighted by Crippen LogP contribution is 2.31. The van der Waals surface area contributed by atoms with Crippen molar-refractivity contribution >= 4 is 17.2 Å². The number of benzene rings is 2. The molecule has 1 saturated heterocycles. The van der Waals surface area contributed by atoms with Crippen molar-refractivity contribution in [2.24, 2.45) is 0 Å². The maximum atomic E-state index is 13.6. The van der Waals surface area contributed by atoms with Gasteiger partial charge in [-0.2, -0.15) is 0 Å². The molecule has 8 heteroatoms. The number of thiazole rings is 1. The van der Waals surface area contributed by atoms with E-state index in [1.165, 1.54) is 35.6 Å². The smallest absolute Gasteiger partial charge is 0.265 e. The van der Waals surface area contributed by atoms with E-state index < -0.39 is 0 Å². The summed E-state index contributed by atoms with van der Waals surface area (Å²) in [6.07, 6.45) is 1.71. The van der Waals surface area contributed by atoms with Crippen molar-refractivity contribution in [2.75, 3.05) is 26.2 Å². The van der Waals surface area contributed by atoms with Crippen LogP contribution in [0.5, 0.6) is 0 Å². The molecular weight excluding hydrogens is 466 g/mol. The first kappa shape index (κ1) is 23.3. The van der Waals surface area contributed by atoms with E-state index in [2.05, 4.69) is 14.9 Å². The van der Waals surface area contributed by atoms with Gasteiger partial charge in [0.15, 0.2) is 0 Å². The number of carbonyl (C=O) groups is 1. The third-order valence-electron chi connectivity index (χ3n) is 6.21. The number of carbonyl (C=O) groups excluding carboxylic acids is 1. The van der Waals surface area contributed by atoms with E-state index >= 15 is 0 Å². The predicted octanol–water partition coefficient (Wildman–Crippen LogP) is 5.34. The van der Waals surface area contributed by atoms with Crippen LogP contribution < -0.4 is 0 Å². The monoisotopic (exact) mass is 490 g/mol. The number of aryl methyl sites for hydroxylation is 1. The maximum absolute atomic E-state index is 13.6. The molecule has 5 nitrogen and oxygen atoms in total. The second kappa shape index (κ2) is 10.0. The van der Waals surface area contributed by atoms with Gasteiger partial charge in [-0.25, -0.2) is 13.8 Å². The lowest BCUT2D eigenvalue weighted by Crippen LogP contribution is -2.49. The minimum atomic E-state index is -0.299. The van der Waals surface area contributed by atoms with E-state index in [0.717, 1.165) is 21.8 Å². The van der Waals surface area contributed by atoms with Crippen LogP contribution in [0.1, 0.15) is 32.5 Å². The molecule has 4 aromatic rings. The van der Waals surface area contributed by atoms with Gasteiger partial charge in [0, 0.05) is 32.4 Å². The zero-order chi connectivity index (χ0) is 24.4. The topological polar surface area (TPSA) is 49.3 Å². The van der Waals surface area contributed by atoms with Crippen molar-refractivity contribution in [2.45, 2.75) is 13.0 Å². The molecule has 1 fully saturated rings. The standard InChI is InChI=1S/C27H24F2N4OS/c1-18-25(35-26(31-18)23-4-2-3-13-30-23)27(34)33-16-14-32(15-17-33)24(19-5-9-21(28)10-6-19)20-7-11-22(29)12-8-20/h2-13,24H,14-17H2,1H3. The fourth-order valence-electron chi connectivity index (χ4n) is 4.42. The average molecular weight is 491 g/mol. The van der Waals surface area contributed by atoms with Crippen LogP contribution in [0.3, 0.4) is 0 Å². The SMILES string of the molecule is Cc1nc(-c2ccccn2)sc1C(=O)N1CCN(C(c2ccc(F)cc2)c2ccc(F)cc2)CC1. The summed E-state index contributed by atoms with van der Waals surface area (Å²) in [7, 11) is 0. The third-order valence-corrected chi connectivity index (χ3v) is 7.38. The van der Waals surface area contributed by atoms with Crippen LogP contribution in [-0.4, -0.2) is 51.9 Å². The summed E-state index contributed by atoms with van der Waals surface area (Å²) in [5.74, 6) is -0.624. The molecule has 2 aromatic carbocycles. The van der Waals surface area contributed by atoms with Crippen LogP contribution in [0.4, 0.5) is 8.78 Å². The highest BCUT2D eigenvalue weighted by atomic mass is 32.1. The van der Waals surface area contributed by atoms with E-state index in [0.29, 0.717) is 36.8 Å². The Bertz CT molecular complexity index is 1260. The first-order valence-electron chi connectivity index (χ1n) is 11.4. The molecule has 178 valence electrons. The number of piperazine rings is 1. The summed E-state index contributed by atoms with van der Waals surface area (Å²) in [5.41, 5.74) is 3.32. The number of nitrogens with zero attached hydrogens (tertiary/aromatic N) is 4. The van der Waals surface area contributed by atoms with Gasteiger partial charge < -0.3 is 4.90 Å². The number of rotatable bonds is 5. The first-order chi connectivity index (χ1) is 17.0. The van der Waals surface area contributed by atoms with Gasteiger partial charge in [0.1, 0.15) is 21.5 Å². The fourth-order valence-corrected chi connectivity index (χ4v) is 5.44. The maximum Gasteiger partial charge on any atom is 0.265 e. The quantitative estimate of drug-likeness (QED) is 0.379. The second-order valence-electron chi connectivity index (χ2n) is 8.48. The zero-order valence-electron chi connectivity index (χ0n) is 19.2. The summed E-state index contributed by atoms with van der Waals surface area (Å²) >= 11 is 1.37. The molecule has 35 heavy (non-hydrogen) atoms. The van der Waals surface area contributed by atoms with Crippen molar-refractivity contribution in [3.05, 3.63) is 106 Å². The normalized spacial score (nSPS) is 14.5. The Morgan fingerprint density at radius 1 is 0.886 bits per heavy atom. The van der Waals surface area contributed by atoms with E-state index in [9.17, 15) is 13.6 Å². The van der Waals surface area contributed by atoms with Crippen LogP contribution in [0.2, 0.25) is 0 Å².